The molecule has 0 spiro atoms. The lowest BCUT2D eigenvalue weighted by atomic mass is 9.98. The fourth-order valence-electron chi connectivity index (χ4n) is 3.88. The van der Waals surface area contributed by atoms with Crippen LogP contribution in [0.1, 0.15) is 63.2 Å². The minimum atomic E-state index is -0.743. The molecule has 1 heterocycles. The molecular weight excluding hydrogens is 384 g/mol. The molecule has 2 rings (SSSR count). The van der Waals surface area contributed by atoms with Crippen molar-refractivity contribution in [1.29, 1.82) is 0 Å². The number of hydrogen-bond donors (Lipinski definition) is 0. The lowest BCUT2D eigenvalue weighted by molar-refractivity contribution is 0.0562. The van der Waals surface area contributed by atoms with E-state index in [1.54, 1.807) is 61.6 Å². The average Bonchev–Trinajstić information content (AvgIpc) is 2.94. The molecule has 30 heavy (non-hydrogen) atoms. The Balaban J connectivity index is 2.51. The highest BCUT2D eigenvalue weighted by Gasteiger charge is 2.34. The number of para-hydroxylation sites is 1. The van der Waals surface area contributed by atoms with Gasteiger partial charge in [-0.3, -0.25) is 9.59 Å². The van der Waals surface area contributed by atoms with Crippen molar-refractivity contribution in [3.8, 4) is 5.75 Å². The third-order valence-corrected chi connectivity index (χ3v) is 5.48. The first kappa shape index (κ1) is 23.2. The van der Waals surface area contributed by atoms with E-state index in [-0.39, 0.29) is 17.7 Å². The molecule has 0 saturated carbocycles. The maximum absolute atomic E-state index is 13.5. The summed E-state index contributed by atoms with van der Waals surface area (Å²) in [6.07, 6.45) is 0. The molecule has 0 unspecified atom stereocenters. The zero-order valence-electron chi connectivity index (χ0n) is 18.9. The second-order valence-corrected chi connectivity index (χ2v) is 7.53. The number of methoxy groups -OCH3 is 2. The minimum absolute atomic E-state index is 0.229. The van der Waals surface area contributed by atoms with Gasteiger partial charge in [0.1, 0.15) is 11.4 Å². The van der Waals surface area contributed by atoms with Crippen LogP contribution in [-0.4, -0.2) is 53.4 Å². The van der Waals surface area contributed by atoms with Gasteiger partial charge in [-0.2, -0.15) is 0 Å². The Bertz CT molecular complexity index is 974. The van der Waals surface area contributed by atoms with Crippen molar-refractivity contribution >= 4 is 17.7 Å². The summed E-state index contributed by atoms with van der Waals surface area (Å²) < 4.78 is 11.8. The maximum Gasteiger partial charge on any atom is 0.354 e. The zero-order chi connectivity index (χ0) is 22.7. The van der Waals surface area contributed by atoms with E-state index in [0.29, 0.717) is 33.8 Å². The van der Waals surface area contributed by atoms with Crippen LogP contribution in [-0.2, 0) is 11.8 Å². The summed E-state index contributed by atoms with van der Waals surface area (Å²) in [6, 6.07) is 5.97. The molecule has 7 heteroatoms. The molecule has 0 aliphatic heterocycles. The monoisotopic (exact) mass is 414 g/mol. The summed E-state index contributed by atoms with van der Waals surface area (Å²) in [5, 5.41) is 0. The van der Waals surface area contributed by atoms with Crippen LogP contribution in [0.4, 0.5) is 0 Å². The Hall–Kier alpha value is -3.09. The molecule has 162 valence electrons. The highest BCUT2D eigenvalue weighted by Crippen LogP contribution is 2.27. The summed E-state index contributed by atoms with van der Waals surface area (Å²) in [5.41, 5.74) is 2.36. The Morgan fingerprint density at radius 1 is 1.03 bits per heavy atom. The molecule has 1 amide bonds. The van der Waals surface area contributed by atoms with E-state index < -0.39 is 12.0 Å². The predicted octanol–water partition coefficient (Wildman–Crippen LogP) is 3.56. The van der Waals surface area contributed by atoms with Gasteiger partial charge in [0.2, 0.25) is 0 Å². The van der Waals surface area contributed by atoms with Crippen LogP contribution in [0.5, 0.6) is 5.75 Å². The van der Waals surface area contributed by atoms with Gasteiger partial charge in [-0.25, -0.2) is 4.79 Å². The van der Waals surface area contributed by atoms with E-state index in [1.165, 1.54) is 14.2 Å². The molecule has 1 aromatic carbocycles. The normalized spacial score (nSPS) is 11.9. The van der Waals surface area contributed by atoms with Crippen molar-refractivity contribution in [2.24, 2.45) is 7.05 Å². The SMILES string of the molecule is COC(=O)c1c(C)c(C(=O)[C@H](C)N(C(=O)c2ccccc2OC)C(C)C)c(C)n1C. The molecule has 7 nitrogen and oxygen atoms in total. The van der Waals surface area contributed by atoms with Gasteiger partial charge in [-0.15, -0.1) is 0 Å². The van der Waals surface area contributed by atoms with Crippen molar-refractivity contribution in [1.82, 2.24) is 9.47 Å². The standard InChI is InChI=1S/C23H30N2O5/c1-13(2)25(22(27)17-11-9-10-12-18(17)29-7)16(5)21(26)19-14(3)20(23(28)30-8)24(6)15(19)4/h9-13,16H,1-8H3/t16-/m0/s1. The van der Waals surface area contributed by atoms with Gasteiger partial charge < -0.3 is 18.9 Å². The number of aromatic nitrogens is 1. The Labute approximate surface area is 177 Å². The van der Waals surface area contributed by atoms with Crippen LogP contribution < -0.4 is 4.74 Å². The van der Waals surface area contributed by atoms with E-state index in [4.69, 9.17) is 9.47 Å². The van der Waals surface area contributed by atoms with E-state index in [0.717, 1.165) is 0 Å². The first-order valence-corrected chi connectivity index (χ1v) is 9.82. The molecule has 0 bridgehead atoms. The summed E-state index contributed by atoms with van der Waals surface area (Å²) in [7, 11) is 4.53. The molecule has 0 N–H and O–H groups in total. The molecule has 2 aromatic rings. The van der Waals surface area contributed by atoms with E-state index in [1.807, 2.05) is 13.8 Å². The van der Waals surface area contributed by atoms with Gasteiger partial charge in [0.05, 0.1) is 25.8 Å². The summed E-state index contributed by atoms with van der Waals surface area (Å²) in [5.74, 6) is -0.570. The lowest BCUT2D eigenvalue weighted by Crippen LogP contribution is -2.47. The van der Waals surface area contributed by atoms with Gasteiger partial charge in [0.25, 0.3) is 5.91 Å². The van der Waals surface area contributed by atoms with Crippen molar-refractivity contribution in [3.63, 3.8) is 0 Å². The highest BCUT2D eigenvalue weighted by molar-refractivity contribution is 6.08. The number of rotatable bonds is 7. The third kappa shape index (κ3) is 3.97. The molecular formula is C23H30N2O5. The van der Waals surface area contributed by atoms with Crippen molar-refractivity contribution in [2.75, 3.05) is 14.2 Å². The predicted molar refractivity (Wildman–Crippen MR) is 114 cm³/mol. The lowest BCUT2D eigenvalue weighted by Gasteiger charge is -2.32. The van der Waals surface area contributed by atoms with Crippen LogP contribution in [0, 0.1) is 13.8 Å². The van der Waals surface area contributed by atoms with Crippen molar-refractivity contribution in [2.45, 2.75) is 46.7 Å². The number of esters is 1. The molecule has 1 atom stereocenters. The van der Waals surface area contributed by atoms with E-state index in [2.05, 4.69) is 0 Å². The second kappa shape index (κ2) is 9.15. The topological polar surface area (TPSA) is 77.8 Å². The Morgan fingerprint density at radius 2 is 1.63 bits per heavy atom. The van der Waals surface area contributed by atoms with Gasteiger partial charge in [-0.1, -0.05) is 12.1 Å². The van der Waals surface area contributed by atoms with Crippen LogP contribution in [0.25, 0.3) is 0 Å². The summed E-state index contributed by atoms with van der Waals surface area (Å²) in [4.78, 5) is 40.6. The number of benzene rings is 1. The molecule has 0 aliphatic rings. The van der Waals surface area contributed by atoms with Crippen molar-refractivity contribution < 1.29 is 23.9 Å². The smallest absolute Gasteiger partial charge is 0.354 e. The van der Waals surface area contributed by atoms with Crippen LogP contribution in [0.15, 0.2) is 24.3 Å². The largest absolute Gasteiger partial charge is 0.496 e. The fourth-order valence-corrected chi connectivity index (χ4v) is 3.88. The number of Topliss-reactive ketones (excluding diaryl/α,β-unsaturated/α-hetero) is 1. The molecule has 0 radical (unpaired) electrons. The molecule has 0 saturated heterocycles. The second-order valence-electron chi connectivity index (χ2n) is 7.53. The van der Waals surface area contributed by atoms with E-state index >= 15 is 0 Å². The van der Waals surface area contributed by atoms with Gasteiger partial charge in [-0.05, 0) is 52.3 Å². The number of nitrogens with zero attached hydrogens (tertiary/aromatic N) is 2. The minimum Gasteiger partial charge on any atom is -0.496 e. The average molecular weight is 415 g/mol. The van der Waals surface area contributed by atoms with Crippen LogP contribution in [0.3, 0.4) is 0 Å². The van der Waals surface area contributed by atoms with Crippen LogP contribution in [0.2, 0.25) is 0 Å². The zero-order valence-corrected chi connectivity index (χ0v) is 18.9. The molecule has 0 aliphatic carbocycles. The summed E-state index contributed by atoms with van der Waals surface area (Å²) in [6.45, 7) is 8.94. The number of hydrogen-bond acceptors (Lipinski definition) is 5. The van der Waals surface area contributed by atoms with Crippen molar-refractivity contribution in [3.05, 3.63) is 52.3 Å². The third-order valence-electron chi connectivity index (χ3n) is 5.48. The highest BCUT2D eigenvalue weighted by atomic mass is 16.5. The van der Waals surface area contributed by atoms with E-state index in [9.17, 15) is 14.4 Å². The Kier molecular flexibility index (Phi) is 7.08. The Morgan fingerprint density at radius 3 is 2.17 bits per heavy atom. The summed E-state index contributed by atoms with van der Waals surface area (Å²) >= 11 is 0. The molecule has 1 aromatic heterocycles. The first-order valence-electron chi connectivity index (χ1n) is 9.82. The number of ketones is 1. The number of carbonyl (C=O) groups excluding carboxylic acids is 3. The number of ether oxygens (including phenoxy) is 2. The van der Waals surface area contributed by atoms with Crippen LogP contribution >= 0.6 is 0 Å². The first-order chi connectivity index (χ1) is 14.1. The van der Waals surface area contributed by atoms with Gasteiger partial charge >= 0.3 is 5.97 Å². The van der Waals surface area contributed by atoms with Gasteiger partial charge in [0.15, 0.2) is 5.78 Å². The quantitative estimate of drug-likeness (QED) is 0.511. The number of carbonyl (C=O) groups is 3. The number of amides is 1. The maximum atomic E-state index is 13.5. The fraction of sp³-hybridized carbons (Fsp3) is 0.435. The van der Waals surface area contributed by atoms with Gasteiger partial charge in [0, 0.05) is 24.3 Å². The molecule has 0 fully saturated rings.